The molecule has 0 saturated heterocycles. The lowest BCUT2D eigenvalue weighted by molar-refractivity contribution is -0.139. The molecule has 0 saturated carbocycles. The third-order valence-corrected chi connectivity index (χ3v) is 8.36. The Kier molecular flexibility index (Phi) is 8.63. The Morgan fingerprint density at radius 1 is 1.11 bits per heavy atom. The lowest BCUT2D eigenvalue weighted by Gasteiger charge is -2.26. The summed E-state index contributed by atoms with van der Waals surface area (Å²) in [7, 11) is 4.73. The van der Waals surface area contributed by atoms with Crippen molar-refractivity contribution in [2.45, 2.75) is 19.9 Å². The molecular weight excluding hydrogens is 722 g/mol. The van der Waals surface area contributed by atoms with E-state index in [1.54, 1.807) is 53.4 Å². The van der Waals surface area contributed by atoms with Crippen molar-refractivity contribution in [3.8, 4) is 17.2 Å². The maximum absolute atomic E-state index is 13.9. The number of carbonyl (C=O) groups excluding carboxylic acids is 1. The van der Waals surface area contributed by atoms with Crippen molar-refractivity contribution in [2.75, 3.05) is 27.9 Å². The van der Waals surface area contributed by atoms with E-state index in [4.69, 9.17) is 18.9 Å². The van der Waals surface area contributed by atoms with E-state index < -0.39 is 12.0 Å². The van der Waals surface area contributed by atoms with E-state index in [2.05, 4.69) is 50.2 Å². The molecule has 1 atom stereocenters. The van der Waals surface area contributed by atoms with Gasteiger partial charge in [0.2, 0.25) is 0 Å². The summed E-state index contributed by atoms with van der Waals surface area (Å²) in [5, 5.41) is 0. The Bertz CT molecular complexity index is 1570. The van der Waals surface area contributed by atoms with Gasteiger partial charge < -0.3 is 18.9 Å². The second-order valence-corrected chi connectivity index (χ2v) is 11.3. The monoisotopic (exact) mass is 746 g/mol. The molecule has 0 bridgehead atoms. The molecule has 0 fully saturated rings. The van der Waals surface area contributed by atoms with E-state index in [0.717, 1.165) is 18.5 Å². The van der Waals surface area contributed by atoms with Crippen molar-refractivity contribution < 1.29 is 23.7 Å². The van der Waals surface area contributed by atoms with Crippen LogP contribution in [0.5, 0.6) is 17.2 Å². The summed E-state index contributed by atoms with van der Waals surface area (Å²) in [5.41, 5.74) is 1.95. The second-order valence-electron chi connectivity index (χ2n) is 7.93. The molecule has 0 spiro atoms. The van der Waals surface area contributed by atoms with Crippen LogP contribution in [0.1, 0.15) is 31.0 Å². The molecule has 8 nitrogen and oxygen atoms in total. The number of ether oxygens (including phenoxy) is 4. The molecule has 1 aromatic heterocycles. The van der Waals surface area contributed by atoms with Crippen molar-refractivity contribution in [3.05, 3.63) is 79.6 Å². The highest BCUT2D eigenvalue weighted by Gasteiger charge is 2.35. The van der Waals surface area contributed by atoms with Gasteiger partial charge in [0.25, 0.3) is 5.56 Å². The quantitative estimate of drug-likeness (QED) is 0.268. The first-order valence-corrected chi connectivity index (χ1v) is 14.2. The number of nitrogens with zero attached hydrogens (tertiary/aromatic N) is 2. The predicted molar refractivity (Wildman–Crippen MR) is 158 cm³/mol. The third kappa shape index (κ3) is 5.30. The van der Waals surface area contributed by atoms with Gasteiger partial charge in [0.05, 0.1) is 50.9 Å². The highest BCUT2D eigenvalue weighted by molar-refractivity contribution is 14.1. The van der Waals surface area contributed by atoms with Gasteiger partial charge in [0.1, 0.15) is 23.3 Å². The number of aromatic nitrogens is 1. The zero-order valence-electron chi connectivity index (χ0n) is 20.8. The molecule has 2 aromatic carbocycles. The Labute approximate surface area is 244 Å². The van der Waals surface area contributed by atoms with Crippen LogP contribution in [-0.2, 0) is 9.53 Å². The van der Waals surface area contributed by atoms with Crippen LogP contribution in [0, 0.1) is 7.14 Å². The van der Waals surface area contributed by atoms with Gasteiger partial charge >= 0.3 is 5.97 Å². The summed E-state index contributed by atoms with van der Waals surface area (Å²) < 4.78 is 25.8. The Morgan fingerprint density at radius 2 is 1.81 bits per heavy atom. The lowest BCUT2D eigenvalue weighted by Crippen LogP contribution is -2.40. The highest BCUT2D eigenvalue weighted by atomic mass is 127. The summed E-state index contributed by atoms with van der Waals surface area (Å²) in [6.45, 7) is 3.68. The van der Waals surface area contributed by atoms with Crippen LogP contribution in [0.25, 0.3) is 6.08 Å². The van der Waals surface area contributed by atoms with Gasteiger partial charge in [0, 0.05) is 5.56 Å². The maximum Gasteiger partial charge on any atom is 0.338 e. The fraction of sp³-hybridized carbons (Fsp3) is 0.269. The van der Waals surface area contributed by atoms with Crippen LogP contribution in [0.15, 0.2) is 51.4 Å². The molecule has 0 radical (unpaired) electrons. The molecule has 0 N–H and O–H groups in total. The summed E-state index contributed by atoms with van der Waals surface area (Å²) in [4.78, 5) is 32.2. The zero-order chi connectivity index (χ0) is 26.9. The van der Waals surface area contributed by atoms with Crippen LogP contribution in [0.4, 0.5) is 0 Å². The topological polar surface area (TPSA) is 88.4 Å². The fourth-order valence-corrected chi connectivity index (χ4v) is 7.45. The number of rotatable bonds is 7. The summed E-state index contributed by atoms with van der Waals surface area (Å²) in [6, 6.07) is 8.39. The average molecular weight is 746 g/mol. The fourth-order valence-electron chi connectivity index (χ4n) is 4.15. The molecule has 4 rings (SSSR count). The number of carbonyl (C=O) groups is 1. The first-order chi connectivity index (χ1) is 17.7. The Balaban J connectivity index is 2.00. The van der Waals surface area contributed by atoms with E-state index in [1.165, 1.54) is 15.9 Å². The summed E-state index contributed by atoms with van der Waals surface area (Å²) in [5.74, 6) is 1.33. The molecular formula is C26H24I2N2O6S. The molecule has 194 valence electrons. The average Bonchev–Trinajstić information content (AvgIpc) is 3.16. The van der Waals surface area contributed by atoms with Gasteiger partial charge in [-0.05, 0) is 101 Å². The smallest absolute Gasteiger partial charge is 0.338 e. The number of fused-ring (bicyclic) bond motifs is 1. The molecule has 3 aromatic rings. The molecule has 1 aliphatic heterocycles. The number of thiazole rings is 1. The predicted octanol–water partition coefficient (Wildman–Crippen LogP) is 4.03. The maximum atomic E-state index is 13.9. The van der Waals surface area contributed by atoms with Crippen molar-refractivity contribution in [1.82, 2.24) is 4.57 Å². The lowest BCUT2D eigenvalue weighted by atomic mass is 9.94. The van der Waals surface area contributed by atoms with E-state index in [0.29, 0.717) is 32.1 Å². The first-order valence-electron chi connectivity index (χ1n) is 11.2. The van der Waals surface area contributed by atoms with Crippen molar-refractivity contribution in [3.63, 3.8) is 0 Å². The number of halogens is 2. The van der Waals surface area contributed by atoms with E-state index in [-0.39, 0.29) is 17.7 Å². The third-order valence-electron chi connectivity index (χ3n) is 5.77. The normalized spacial score (nSPS) is 15.2. The SMILES string of the molecule is CCOC(=O)C1=C(C)N=c2s/c(=C\c3cc(I)c(OC)c(I)c3)c(=O)n2[C@@H]1c1cc(OC)ccc1OC. The second kappa shape index (κ2) is 11.6. The van der Waals surface area contributed by atoms with E-state index in [9.17, 15) is 9.59 Å². The first kappa shape index (κ1) is 27.6. The molecule has 37 heavy (non-hydrogen) atoms. The van der Waals surface area contributed by atoms with Gasteiger partial charge in [-0.25, -0.2) is 9.79 Å². The standard InChI is InChI=1S/C26H24I2N2O6S/c1-6-36-25(32)21-13(2)29-26-30(22(21)16-12-15(33-3)7-8-19(16)34-4)24(31)20(37-26)11-14-9-17(27)23(35-5)18(28)10-14/h7-12,22H,6H2,1-5H3/b20-11-/t22-/m1/s1. The van der Waals surface area contributed by atoms with Gasteiger partial charge in [0.15, 0.2) is 4.80 Å². The molecule has 0 amide bonds. The Morgan fingerprint density at radius 3 is 2.41 bits per heavy atom. The minimum absolute atomic E-state index is 0.191. The van der Waals surface area contributed by atoms with E-state index >= 15 is 0 Å². The van der Waals surface area contributed by atoms with Crippen molar-refractivity contribution >= 4 is 68.6 Å². The van der Waals surface area contributed by atoms with Crippen LogP contribution in [0.2, 0.25) is 0 Å². The number of hydrogen-bond donors (Lipinski definition) is 0. The highest BCUT2D eigenvalue weighted by Crippen LogP contribution is 2.38. The van der Waals surface area contributed by atoms with Gasteiger partial charge in [-0.3, -0.25) is 9.36 Å². The largest absolute Gasteiger partial charge is 0.497 e. The molecule has 2 heterocycles. The van der Waals surface area contributed by atoms with Crippen LogP contribution >= 0.6 is 56.5 Å². The molecule has 1 aliphatic rings. The van der Waals surface area contributed by atoms with E-state index in [1.807, 2.05) is 18.2 Å². The van der Waals surface area contributed by atoms with Gasteiger partial charge in [-0.15, -0.1) is 0 Å². The van der Waals surface area contributed by atoms with Crippen molar-refractivity contribution in [1.29, 1.82) is 0 Å². The molecule has 11 heteroatoms. The number of hydrogen-bond acceptors (Lipinski definition) is 8. The Hall–Kier alpha value is -2.39. The molecule has 0 aliphatic carbocycles. The number of allylic oxidation sites excluding steroid dienone is 1. The minimum Gasteiger partial charge on any atom is -0.497 e. The summed E-state index contributed by atoms with van der Waals surface area (Å²) >= 11 is 5.69. The molecule has 0 unspecified atom stereocenters. The number of benzene rings is 2. The minimum atomic E-state index is -0.807. The van der Waals surface area contributed by atoms with Gasteiger partial charge in [-0.1, -0.05) is 11.3 Å². The van der Waals surface area contributed by atoms with Gasteiger partial charge in [-0.2, -0.15) is 0 Å². The number of esters is 1. The van der Waals surface area contributed by atoms with Crippen LogP contribution in [-0.4, -0.2) is 38.5 Å². The number of methoxy groups -OCH3 is 3. The summed E-state index contributed by atoms with van der Waals surface area (Å²) in [6.07, 6.45) is 1.83. The zero-order valence-corrected chi connectivity index (χ0v) is 25.9. The van der Waals surface area contributed by atoms with Crippen LogP contribution in [0.3, 0.4) is 0 Å². The van der Waals surface area contributed by atoms with Crippen molar-refractivity contribution in [2.24, 2.45) is 4.99 Å². The van der Waals surface area contributed by atoms with Crippen LogP contribution < -0.4 is 29.1 Å².